The van der Waals surface area contributed by atoms with Crippen LogP contribution in [0.5, 0.6) is 0 Å². The number of carbonyl (C=O) groups excluding carboxylic acids is 1. The van der Waals surface area contributed by atoms with E-state index in [-0.39, 0.29) is 49.6 Å². The average Bonchev–Trinajstić information content (AvgIpc) is 2.46. The maximum absolute atomic E-state index is 13.5. The van der Waals surface area contributed by atoms with Gasteiger partial charge < -0.3 is 5.32 Å². The summed E-state index contributed by atoms with van der Waals surface area (Å²) in [6.07, 6.45) is 7.60. The summed E-state index contributed by atoms with van der Waals surface area (Å²) in [5.41, 5.74) is 2.37. The van der Waals surface area contributed by atoms with Gasteiger partial charge in [0.1, 0.15) is 11.0 Å². The molecule has 1 aliphatic rings. The number of nitrogens with one attached hydrogen (secondary N) is 1. The zero-order valence-electron chi connectivity index (χ0n) is 15.6. The molecule has 2 nitrogen and oxygen atoms in total. The Balaban J connectivity index is 0.00000288. The van der Waals surface area contributed by atoms with E-state index >= 15 is 0 Å². The maximum atomic E-state index is 13.5. The van der Waals surface area contributed by atoms with Crippen LogP contribution in [0.3, 0.4) is 0 Å². The van der Waals surface area contributed by atoms with Gasteiger partial charge in [0.15, 0.2) is 0 Å². The summed E-state index contributed by atoms with van der Waals surface area (Å²) in [6.45, 7) is 10.3. The first-order chi connectivity index (χ1) is 10.9. The van der Waals surface area contributed by atoms with Crippen molar-refractivity contribution in [3.63, 3.8) is 0 Å². The van der Waals surface area contributed by atoms with E-state index in [0.29, 0.717) is 0 Å². The van der Waals surface area contributed by atoms with Crippen LogP contribution in [-0.4, -0.2) is 23.4 Å². The zero-order chi connectivity index (χ0) is 17.3. The van der Waals surface area contributed by atoms with Crippen LogP contribution in [0.15, 0.2) is 12.1 Å². The number of anilines is 1. The Morgan fingerprint density at radius 3 is 2.08 bits per heavy atom. The van der Waals surface area contributed by atoms with Crippen molar-refractivity contribution in [2.45, 2.75) is 59.0 Å². The van der Waals surface area contributed by atoms with Gasteiger partial charge in [-0.3, -0.25) is 4.79 Å². The van der Waals surface area contributed by atoms with Crippen LogP contribution in [0, 0.1) is 25.8 Å². The van der Waals surface area contributed by atoms with E-state index in [4.69, 9.17) is 0 Å². The Morgan fingerprint density at radius 2 is 1.75 bits per heavy atom. The summed E-state index contributed by atoms with van der Waals surface area (Å²) in [4.78, 5) is 13.2. The predicted octanol–water partition coefficient (Wildman–Crippen LogP) is 5.54. The van der Waals surface area contributed by atoms with E-state index in [1.54, 1.807) is 0 Å². The molecule has 0 aliphatic heterocycles. The molecule has 1 N–H and O–H groups in total. The number of carbonyl (C=O) groups is 1. The Hall–Kier alpha value is 0.154. The van der Waals surface area contributed by atoms with Gasteiger partial charge >= 0.3 is 0 Å². The number of hydrogen-bond donors (Lipinski definition) is 1. The maximum Gasteiger partial charge on any atom is 0.265 e. The predicted molar refractivity (Wildman–Crippen MR) is 99.1 cm³/mol. The molecule has 24 heavy (non-hydrogen) atoms. The summed E-state index contributed by atoms with van der Waals surface area (Å²) in [5, 5.41) is 2.95. The van der Waals surface area contributed by atoms with E-state index in [1.807, 2.05) is 13.8 Å². The molecule has 1 aromatic carbocycles. The number of halogens is 1. The number of amides is 1. The molecule has 1 radical (unpaired) electrons. The van der Waals surface area contributed by atoms with Crippen molar-refractivity contribution in [1.82, 2.24) is 0 Å². The van der Waals surface area contributed by atoms with Crippen LogP contribution < -0.4 is 5.32 Å². The molecule has 0 heterocycles. The summed E-state index contributed by atoms with van der Waals surface area (Å²) >= 11 is 0. The fourth-order valence-electron chi connectivity index (χ4n) is 4.17. The van der Waals surface area contributed by atoms with Crippen LogP contribution >= 0.6 is 7.26 Å². The van der Waals surface area contributed by atoms with Gasteiger partial charge in [0.25, 0.3) is 5.91 Å². The van der Waals surface area contributed by atoms with Gasteiger partial charge in [-0.1, -0.05) is 0 Å². The molecule has 5 heteroatoms. The van der Waals surface area contributed by atoms with Gasteiger partial charge in [-0.05, 0) is 70.2 Å². The fourth-order valence-corrected chi connectivity index (χ4v) is 8.71. The zero-order valence-corrected chi connectivity index (χ0v) is 19.3. The molecule has 1 amide bonds. The fraction of sp³-hybridized carbons (Fsp3) is 0.579. The van der Waals surface area contributed by atoms with Crippen molar-refractivity contribution in [1.29, 1.82) is 0 Å². The Bertz CT molecular complexity index is 566. The van der Waals surface area contributed by atoms with Gasteiger partial charge in [-0.25, -0.2) is 4.39 Å². The van der Waals surface area contributed by atoms with Crippen LogP contribution in [0.1, 0.15) is 51.2 Å². The van der Waals surface area contributed by atoms with E-state index < -0.39 is 7.26 Å². The molecule has 1 aliphatic carbocycles. The standard InChI is InChI=1S/C19H29FNOP.Y/c1-6-23(7-2,8-3)19(10-9-11-19)18(22)21-17-14(4)12-16(20)13-15(17)5;/h6,12-13H,7-11H2,1-5H3,(H,21,22);. The van der Waals surface area contributed by atoms with Crippen molar-refractivity contribution < 1.29 is 41.9 Å². The minimum atomic E-state index is -1.42. The average molecular weight is 426 g/mol. The summed E-state index contributed by atoms with van der Waals surface area (Å²) < 4.78 is 13.5. The molecule has 0 saturated heterocycles. The molecule has 0 aromatic heterocycles. The van der Waals surface area contributed by atoms with Gasteiger partial charge in [-0.2, -0.15) is 13.1 Å². The summed E-state index contributed by atoms with van der Waals surface area (Å²) in [7, 11) is -1.42. The monoisotopic (exact) mass is 426 g/mol. The first-order valence-electron chi connectivity index (χ1n) is 8.61. The molecular weight excluding hydrogens is 397 g/mol. The summed E-state index contributed by atoms with van der Waals surface area (Å²) in [5.74, 6) is -0.0982. The summed E-state index contributed by atoms with van der Waals surface area (Å²) in [6, 6.07) is 2.98. The molecule has 0 unspecified atom stereocenters. The third kappa shape index (κ3) is 3.64. The van der Waals surface area contributed by atoms with E-state index in [1.165, 1.54) is 12.1 Å². The number of rotatable bonds is 6. The van der Waals surface area contributed by atoms with Crippen molar-refractivity contribution in [3.05, 3.63) is 35.2 Å². The number of benzene rings is 1. The SMILES string of the molecule is C[CH-][P+](CC)(CC)C1(C(=O)Nc2c(C)cc(F)cc2C)CCC1.[Y]. The smallest absolute Gasteiger partial charge is 0.265 e. The van der Waals surface area contributed by atoms with Gasteiger partial charge in [0.05, 0.1) is 0 Å². The third-order valence-electron chi connectivity index (χ3n) is 5.81. The minimum absolute atomic E-state index is 0. The van der Waals surface area contributed by atoms with Crippen molar-refractivity contribution in [2.75, 3.05) is 17.6 Å². The van der Waals surface area contributed by atoms with E-state index in [2.05, 4.69) is 32.2 Å². The van der Waals surface area contributed by atoms with Crippen molar-refractivity contribution in [3.8, 4) is 0 Å². The number of aryl methyl sites for hydroxylation is 2. The first-order valence-corrected chi connectivity index (χ1v) is 10.8. The second-order valence-corrected chi connectivity index (χ2v) is 11.4. The van der Waals surface area contributed by atoms with Gasteiger partial charge in [-0.15, -0.1) is 7.26 Å². The first kappa shape index (κ1) is 22.2. The van der Waals surface area contributed by atoms with Crippen LogP contribution in [0.2, 0.25) is 0 Å². The molecule has 1 saturated carbocycles. The molecule has 1 fully saturated rings. The van der Waals surface area contributed by atoms with Crippen LogP contribution in [0.4, 0.5) is 10.1 Å². The largest absolute Gasteiger partial charge is 0.322 e. The topological polar surface area (TPSA) is 29.1 Å². The van der Waals surface area contributed by atoms with Crippen LogP contribution in [-0.2, 0) is 37.5 Å². The second-order valence-electron chi connectivity index (χ2n) is 6.68. The van der Waals surface area contributed by atoms with Crippen molar-refractivity contribution >= 4 is 18.9 Å². The van der Waals surface area contributed by atoms with Gasteiger partial charge in [0.2, 0.25) is 0 Å². The molecular formula is C19H29FNOPY. The third-order valence-corrected chi connectivity index (χ3v) is 11.4. The van der Waals surface area contributed by atoms with E-state index in [9.17, 15) is 9.18 Å². The van der Waals surface area contributed by atoms with Gasteiger partial charge in [0, 0.05) is 50.7 Å². The number of hydrogen-bond acceptors (Lipinski definition) is 1. The Morgan fingerprint density at radius 1 is 1.25 bits per heavy atom. The minimum Gasteiger partial charge on any atom is -0.322 e. The molecule has 0 spiro atoms. The normalized spacial score (nSPS) is 16.1. The molecule has 131 valence electrons. The quantitative estimate of drug-likeness (QED) is 0.470. The second kappa shape index (κ2) is 8.69. The Kier molecular flexibility index (Phi) is 8.04. The molecule has 0 atom stereocenters. The molecule has 2 rings (SSSR count). The van der Waals surface area contributed by atoms with Crippen molar-refractivity contribution in [2.24, 2.45) is 0 Å². The molecule has 1 aromatic rings. The van der Waals surface area contributed by atoms with E-state index in [0.717, 1.165) is 48.4 Å². The molecule has 0 bridgehead atoms. The Labute approximate surface area is 172 Å². The van der Waals surface area contributed by atoms with Crippen LogP contribution in [0.25, 0.3) is 0 Å².